The minimum Gasteiger partial charge on any atom is -0.471 e. The fourth-order valence-electron chi connectivity index (χ4n) is 1.85. The van der Waals surface area contributed by atoms with Crippen LogP contribution in [0.1, 0.15) is 23.6 Å². The van der Waals surface area contributed by atoms with Gasteiger partial charge in [0.05, 0.1) is 0 Å². The molecule has 19 heavy (non-hydrogen) atoms. The minimum absolute atomic E-state index is 0.295. The van der Waals surface area contributed by atoms with Gasteiger partial charge in [-0.3, -0.25) is 0 Å². The Labute approximate surface area is 112 Å². The monoisotopic (exact) mass is 256 g/mol. The van der Waals surface area contributed by atoms with E-state index < -0.39 is 0 Å². The highest BCUT2D eigenvalue weighted by molar-refractivity contribution is 5.55. The summed E-state index contributed by atoms with van der Waals surface area (Å²) < 4.78 is 7.16. The summed E-state index contributed by atoms with van der Waals surface area (Å²) in [6.07, 6.45) is 0. The van der Waals surface area contributed by atoms with Crippen molar-refractivity contribution in [2.24, 2.45) is 0 Å². The number of anilines is 1. The number of aryl methyl sites for hydroxylation is 2. The van der Waals surface area contributed by atoms with E-state index in [1.165, 1.54) is 5.56 Å². The van der Waals surface area contributed by atoms with Crippen molar-refractivity contribution in [1.29, 1.82) is 5.26 Å². The van der Waals surface area contributed by atoms with Gasteiger partial charge in [0.25, 0.3) is 5.88 Å². The molecule has 1 aromatic heterocycles. The Morgan fingerprint density at radius 2 is 2.26 bits per heavy atom. The van der Waals surface area contributed by atoms with E-state index in [0.717, 1.165) is 5.56 Å². The summed E-state index contributed by atoms with van der Waals surface area (Å²) in [6.45, 7) is 4.91. The molecule has 5 heteroatoms. The summed E-state index contributed by atoms with van der Waals surface area (Å²) in [5, 5.41) is 13.3. The van der Waals surface area contributed by atoms with Gasteiger partial charge in [-0.2, -0.15) is 5.26 Å². The van der Waals surface area contributed by atoms with E-state index in [0.29, 0.717) is 30.4 Å². The van der Waals surface area contributed by atoms with Crippen LogP contribution in [-0.2, 0) is 13.2 Å². The third-order valence-electron chi connectivity index (χ3n) is 2.83. The Kier molecular flexibility index (Phi) is 3.71. The van der Waals surface area contributed by atoms with E-state index in [1.807, 2.05) is 44.2 Å². The first-order chi connectivity index (χ1) is 9.15. The van der Waals surface area contributed by atoms with Crippen molar-refractivity contribution in [2.45, 2.75) is 27.0 Å². The summed E-state index contributed by atoms with van der Waals surface area (Å²) in [6, 6.07) is 10.0. The minimum atomic E-state index is 0.295. The highest BCUT2D eigenvalue weighted by atomic mass is 16.5. The van der Waals surface area contributed by atoms with Gasteiger partial charge in [0, 0.05) is 6.54 Å². The second-order valence-corrected chi connectivity index (χ2v) is 4.27. The first-order valence-corrected chi connectivity index (χ1v) is 6.10. The van der Waals surface area contributed by atoms with E-state index in [1.54, 1.807) is 4.68 Å². The standard InChI is InChI=1S/C14H16N4O/c1-3-18-13(16)12(8-15)14(17-18)19-9-11-6-4-5-10(2)7-11/h4-7H,3,9,16H2,1-2H3. The first kappa shape index (κ1) is 13.0. The molecule has 0 aliphatic heterocycles. The van der Waals surface area contributed by atoms with Crippen LogP contribution in [0.4, 0.5) is 5.82 Å². The number of rotatable bonds is 4. The Hall–Kier alpha value is -2.48. The molecule has 0 saturated heterocycles. The van der Waals surface area contributed by atoms with Gasteiger partial charge in [0.2, 0.25) is 0 Å². The predicted molar refractivity (Wildman–Crippen MR) is 72.5 cm³/mol. The average Bonchev–Trinajstić information content (AvgIpc) is 2.72. The lowest BCUT2D eigenvalue weighted by Crippen LogP contribution is -2.02. The van der Waals surface area contributed by atoms with Crippen molar-refractivity contribution in [3.8, 4) is 11.9 Å². The van der Waals surface area contributed by atoms with Crippen LogP contribution in [-0.4, -0.2) is 9.78 Å². The normalized spacial score (nSPS) is 10.2. The summed E-state index contributed by atoms with van der Waals surface area (Å²) in [5.74, 6) is 0.646. The highest BCUT2D eigenvalue weighted by Crippen LogP contribution is 2.23. The van der Waals surface area contributed by atoms with Crippen LogP contribution in [0.25, 0.3) is 0 Å². The molecule has 0 saturated carbocycles. The van der Waals surface area contributed by atoms with Gasteiger partial charge in [0.15, 0.2) is 5.56 Å². The van der Waals surface area contributed by atoms with Crippen LogP contribution in [0.5, 0.6) is 5.88 Å². The average molecular weight is 256 g/mol. The molecule has 5 nitrogen and oxygen atoms in total. The van der Waals surface area contributed by atoms with Crippen LogP contribution in [0.3, 0.4) is 0 Å². The molecule has 0 aliphatic carbocycles. The number of hydrogen-bond donors (Lipinski definition) is 1. The molecule has 0 unspecified atom stereocenters. The fraction of sp³-hybridized carbons (Fsp3) is 0.286. The second-order valence-electron chi connectivity index (χ2n) is 4.27. The number of benzene rings is 1. The highest BCUT2D eigenvalue weighted by Gasteiger charge is 2.15. The molecular formula is C14H16N4O. The quantitative estimate of drug-likeness (QED) is 0.910. The maximum atomic E-state index is 9.09. The van der Waals surface area contributed by atoms with Crippen molar-refractivity contribution in [2.75, 3.05) is 5.73 Å². The molecule has 0 spiro atoms. The van der Waals surface area contributed by atoms with E-state index in [2.05, 4.69) is 5.10 Å². The lowest BCUT2D eigenvalue weighted by atomic mass is 10.1. The summed E-state index contributed by atoms with van der Waals surface area (Å²) in [7, 11) is 0. The lowest BCUT2D eigenvalue weighted by Gasteiger charge is -2.04. The fourth-order valence-corrected chi connectivity index (χ4v) is 1.85. The number of nitriles is 1. The predicted octanol–water partition coefficient (Wildman–Crippen LogP) is 2.24. The van der Waals surface area contributed by atoms with Crippen molar-refractivity contribution in [3.63, 3.8) is 0 Å². The molecule has 0 amide bonds. The van der Waals surface area contributed by atoms with Crippen molar-refractivity contribution in [3.05, 3.63) is 41.0 Å². The van der Waals surface area contributed by atoms with Gasteiger partial charge in [0.1, 0.15) is 18.5 Å². The largest absolute Gasteiger partial charge is 0.471 e. The van der Waals surface area contributed by atoms with Gasteiger partial charge in [-0.25, -0.2) is 4.68 Å². The maximum Gasteiger partial charge on any atom is 0.253 e. The van der Waals surface area contributed by atoms with Gasteiger partial charge in [-0.15, -0.1) is 5.10 Å². The number of nitrogen functional groups attached to an aromatic ring is 1. The van der Waals surface area contributed by atoms with Gasteiger partial charge in [-0.05, 0) is 19.4 Å². The van der Waals surface area contributed by atoms with Crippen LogP contribution in [0.2, 0.25) is 0 Å². The Balaban J connectivity index is 2.18. The SMILES string of the molecule is CCn1nc(OCc2cccc(C)c2)c(C#N)c1N. The molecule has 0 bridgehead atoms. The molecule has 2 N–H and O–H groups in total. The molecule has 1 aromatic carbocycles. The van der Waals surface area contributed by atoms with Gasteiger partial charge < -0.3 is 10.5 Å². The van der Waals surface area contributed by atoms with E-state index >= 15 is 0 Å². The van der Waals surface area contributed by atoms with Crippen molar-refractivity contribution in [1.82, 2.24) is 9.78 Å². The number of ether oxygens (including phenoxy) is 1. The second kappa shape index (κ2) is 5.44. The molecule has 0 fully saturated rings. The third kappa shape index (κ3) is 2.68. The zero-order valence-electron chi connectivity index (χ0n) is 11.1. The number of nitrogens with zero attached hydrogens (tertiary/aromatic N) is 3. The van der Waals surface area contributed by atoms with Crippen LogP contribution in [0.15, 0.2) is 24.3 Å². The summed E-state index contributed by atoms with van der Waals surface area (Å²) in [5.41, 5.74) is 8.32. The zero-order chi connectivity index (χ0) is 13.8. The molecule has 1 heterocycles. The molecule has 98 valence electrons. The summed E-state index contributed by atoms with van der Waals surface area (Å²) in [4.78, 5) is 0. The number of hydrogen-bond acceptors (Lipinski definition) is 4. The molecule has 0 radical (unpaired) electrons. The van der Waals surface area contributed by atoms with E-state index in [9.17, 15) is 0 Å². The number of aromatic nitrogens is 2. The van der Waals surface area contributed by atoms with Crippen LogP contribution < -0.4 is 10.5 Å². The molecule has 2 rings (SSSR count). The van der Waals surface area contributed by atoms with Crippen molar-refractivity contribution >= 4 is 5.82 Å². The molecule has 0 aliphatic rings. The molecule has 2 aromatic rings. The maximum absolute atomic E-state index is 9.09. The van der Waals surface area contributed by atoms with E-state index in [4.69, 9.17) is 15.7 Å². The van der Waals surface area contributed by atoms with E-state index in [-0.39, 0.29) is 0 Å². The summed E-state index contributed by atoms with van der Waals surface area (Å²) >= 11 is 0. The van der Waals surface area contributed by atoms with Gasteiger partial charge >= 0.3 is 0 Å². The zero-order valence-corrected chi connectivity index (χ0v) is 11.1. The Morgan fingerprint density at radius 3 is 2.89 bits per heavy atom. The van der Waals surface area contributed by atoms with Crippen molar-refractivity contribution < 1.29 is 4.74 Å². The first-order valence-electron chi connectivity index (χ1n) is 6.10. The van der Waals surface area contributed by atoms with Crippen LogP contribution >= 0.6 is 0 Å². The Bertz CT molecular complexity index is 625. The lowest BCUT2D eigenvalue weighted by molar-refractivity contribution is 0.289. The topological polar surface area (TPSA) is 76.9 Å². The smallest absolute Gasteiger partial charge is 0.253 e. The Morgan fingerprint density at radius 1 is 1.47 bits per heavy atom. The van der Waals surface area contributed by atoms with Gasteiger partial charge in [-0.1, -0.05) is 29.8 Å². The molecule has 0 atom stereocenters. The molecular weight excluding hydrogens is 240 g/mol. The van der Waals surface area contributed by atoms with Crippen LogP contribution in [0, 0.1) is 18.3 Å². The third-order valence-corrected chi connectivity index (χ3v) is 2.83. The number of nitrogens with two attached hydrogens (primary N) is 1.